The number of hydrogen-bond donors (Lipinski definition) is 0. The molecule has 3 aliphatic rings. The minimum absolute atomic E-state index is 0.198. The van der Waals surface area contributed by atoms with Crippen molar-refractivity contribution in [2.75, 3.05) is 13.1 Å². The Hall–Kier alpha value is -2.01. The molecule has 0 aliphatic carbocycles. The van der Waals surface area contributed by atoms with Crippen molar-refractivity contribution in [3.05, 3.63) is 42.2 Å². The van der Waals surface area contributed by atoms with Crippen LogP contribution in [0.5, 0.6) is 5.88 Å². The first-order valence-corrected chi connectivity index (χ1v) is 8.21. The van der Waals surface area contributed by atoms with Crippen LogP contribution < -0.4 is 4.74 Å². The van der Waals surface area contributed by atoms with Crippen LogP contribution in [0.3, 0.4) is 0 Å². The van der Waals surface area contributed by atoms with Gasteiger partial charge in [0.15, 0.2) is 0 Å². The summed E-state index contributed by atoms with van der Waals surface area (Å²) < 4.78 is 19.1. The van der Waals surface area contributed by atoms with E-state index >= 15 is 0 Å². The lowest BCUT2D eigenvalue weighted by molar-refractivity contribution is -0.0528. The van der Waals surface area contributed by atoms with Gasteiger partial charge < -0.3 is 4.74 Å². The molecule has 4 nitrogen and oxygen atoms in total. The van der Waals surface area contributed by atoms with E-state index in [1.54, 1.807) is 12.1 Å². The molecule has 0 N–H and O–H groups in total. The maximum atomic E-state index is 13.0. The topological polar surface area (TPSA) is 38.3 Å². The molecular formula is C18H20FN3O. The average molecular weight is 313 g/mol. The Bertz CT molecular complexity index is 664. The minimum atomic E-state index is -0.252. The number of ether oxygens (including phenoxy) is 1. The van der Waals surface area contributed by atoms with Gasteiger partial charge in [-0.1, -0.05) is 0 Å². The molecule has 3 fully saturated rings. The lowest BCUT2D eigenvalue weighted by atomic mass is 9.81. The zero-order chi connectivity index (χ0) is 15.8. The molecule has 5 heteroatoms. The molecule has 120 valence electrons. The van der Waals surface area contributed by atoms with E-state index in [-0.39, 0.29) is 11.9 Å². The van der Waals surface area contributed by atoms with E-state index in [0.29, 0.717) is 17.8 Å². The zero-order valence-electron chi connectivity index (χ0n) is 13.2. The average Bonchev–Trinajstić information content (AvgIpc) is 2.60. The molecule has 1 aromatic carbocycles. The van der Waals surface area contributed by atoms with Crippen molar-refractivity contribution in [3.8, 4) is 17.1 Å². The summed E-state index contributed by atoms with van der Waals surface area (Å²) in [5, 5.41) is 8.43. The van der Waals surface area contributed by atoms with Crippen LogP contribution in [0.15, 0.2) is 36.4 Å². The smallest absolute Gasteiger partial charge is 0.233 e. The van der Waals surface area contributed by atoms with Crippen molar-refractivity contribution in [2.45, 2.75) is 31.9 Å². The number of rotatable bonds is 3. The Labute approximate surface area is 135 Å². The van der Waals surface area contributed by atoms with E-state index in [1.807, 2.05) is 12.1 Å². The monoisotopic (exact) mass is 313 g/mol. The summed E-state index contributed by atoms with van der Waals surface area (Å²) in [6.45, 7) is 4.60. The van der Waals surface area contributed by atoms with Crippen molar-refractivity contribution in [1.29, 1.82) is 0 Å². The van der Waals surface area contributed by atoms with Gasteiger partial charge in [-0.25, -0.2) is 4.39 Å². The predicted octanol–water partition coefficient (Wildman–Crippen LogP) is 3.14. The third kappa shape index (κ3) is 2.81. The Morgan fingerprint density at radius 1 is 1.04 bits per heavy atom. The Morgan fingerprint density at radius 2 is 1.78 bits per heavy atom. The highest BCUT2D eigenvalue weighted by atomic mass is 19.1. The largest absolute Gasteiger partial charge is 0.471 e. The number of nitrogens with zero attached hydrogens (tertiary/aromatic N) is 3. The fraction of sp³-hybridized carbons (Fsp3) is 0.444. The lowest BCUT2D eigenvalue weighted by Gasteiger charge is -2.48. The molecule has 3 aliphatic heterocycles. The second-order valence-electron chi connectivity index (χ2n) is 6.46. The van der Waals surface area contributed by atoms with Gasteiger partial charge in [0.05, 0.1) is 5.69 Å². The van der Waals surface area contributed by atoms with E-state index in [9.17, 15) is 4.39 Å². The number of benzene rings is 1. The summed E-state index contributed by atoms with van der Waals surface area (Å²) in [7, 11) is 0. The van der Waals surface area contributed by atoms with E-state index in [2.05, 4.69) is 22.0 Å². The van der Waals surface area contributed by atoms with Gasteiger partial charge in [-0.05, 0) is 69.1 Å². The van der Waals surface area contributed by atoms with Gasteiger partial charge in [-0.2, -0.15) is 0 Å². The molecule has 1 aromatic heterocycles. The van der Waals surface area contributed by atoms with Crippen molar-refractivity contribution >= 4 is 0 Å². The van der Waals surface area contributed by atoms with E-state index in [4.69, 9.17) is 4.74 Å². The first-order chi connectivity index (χ1) is 11.2. The zero-order valence-corrected chi connectivity index (χ0v) is 13.2. The molecule has 0 radical (unpaired) electrons. The van der Waals surface area contributed by atoms with Gasteiger partial charge in [-0.15, -0.1) is 10.2 Å². The summed E-state index contributed by atoms with van der Waals surface area (Å²) >= 11 is 0. The number of fused-ring (bicyclic) bond motifs is 3. The third-order valence-corrected chi connectivity index (χ3v) is 5.13. The van der Waals surface area contributed by atoms with Crippen LogP contribution >= 0.6 is 0 Å². The highest BCUT2D eigenvalue weighted by molar-refractivity contribution is 5.58. The first kappa shape index (κ1) is 14.6. The second-order valence-corrected chi connectivity index (χ2v) is 6.46. The Balaban J connectivity index is 1.49. The van der Waals surface area contributed by atoms with Gasteiger partial charge in [0.2, 0.25) is 5.88 Å². The van der Waals surface area contributed by atoms with Gasteiger partial charge >= 0.3 is 0 Å². The van der Waals surface area contributed by atoms with Crippen LogP contribution in [0.2, 0.25) is 0 Å². The molecule has 5 rings (SSSR count). The molecule has 2 atom stereocenters. The van der Waals surface area contributed by atoms with Gasteiger partial charge in [0, 0.05) is 17.7 Å². The highest BCUT2D eigenvalue weighted by Gasteiger charge is 2.41. The summed E-state index contributed by atoms with van der Waals surface area (Å²) in [5.41, 5.74) is 1.57. The van der Waals surface area contributed by atoms with Crippen LogP contribution in [-0.2, 0) is 0 Å². The first-order valence-electron chi connectivity index (χ1n) is 8.21. The normalized spacial score (nSPS) is 29.5. The van der Waals surface area contributed by atoms with Crippen LogP contribution in [0.1, 0.15) is 19.8 Å². The molecule has 4 heterocycles. The molecule has 3 saturated heterocycles. The van der Waals surface area contributed by atoms with Crippen molar-refractivity contribution < 1.29 is 9.13 Å². The SMILES string of the molecule is CC1C(Oc2ccc(-c3ccc(F)cc3)nn2)C2CCN1CC2. The highest BCUT2D eigenvalue weighted by Crippen LogP contribution is 2.34. The van der Waals surface area contributed by atoms with Crippen molar-refractivity contribution in [3.63, 3.8) is 0 Å². The van der Waals surface area contributed by atoms with Gasteiger partial charge in [0.25, 0.3) is 0 Å². The van der Waals surface area contributed by atoms with E-state index < -0.39 is 0 Å². The van der Waals surface area contributed by atoms with Crippen molar-refractivity contribution in [2.24, 2.45) is 5.92 Å². The quantitative estimate of drug-likeness (QED) is 0.872. The maximum Gasteiger partial charge on any atom is 0.233 e. The van der Waals surface area contributed by atoms with Gasteiger partial charge in [-0.3, -0.25) is 4.90 Å². The lowest BCUT2D eigenvalue weighted by Crippen LogP contribution is -2.58. The molecule has 0 amide bonds. The predicted molar refractivity (Wildman–Crippen MR) is 85.6 cm³/mol. The fourth-order valence-electron chi connectivity index (χ4n) is 3.75. The number of piperidine rings is 3. The van der Waals surface area contributed by atoms with Gasteiger partial charge in [0.1, 0.15) is 11.9 Å². The Morgan fingerprint density at radius 3 is 2.39 bits per heavy atom. The summed E-state index contributed by atoms with van der Waals surface area (Å²) in [4.78, 5) is 2.49. The molecule has 2 unspecified atom stereocenters. The number of halogens is 1. The van der Waals surface area contributed by atoms with Crippen LogP contribution in [-0.4, -0.2) is 40.3 Å². The van der Waals surface area contributed by atoms with E-state index in [0.717, 1.165) is 11.3 Å². The van der Waals surface area contributed by atoms with Crippen LogP contribution in [0.4, 0.5) is 4.39 Å². The molecule has 0 spiro atoms. The second kappa shape index (κ2) is 5.89. The van der Waals surface area contributed by atoms with E-state index in [1.165, 1.54) is 38.1 Å². The van der Waals surface area contributed by atoms with Crippen LogP contribution in [0, 0.1) is 11.7 Å². The minimum Gasteiger partial charge on any atom is -0.471 e. The number of aromatic nitrogens is 2. The van der Waals surface area contributed by atoms with Crippen LogP contribution in [0.25, 0.3) is 11.3 Å². The Kier molecular flexibility index (Phi) is 3.73. The third-order valence-electron chi connectivity index (χ3n) is 5.13. The summed E-state index contributed by atoms with van der Waals surface area (Å²) in [5.74, 6) is 0.938. The maximum absolute atomic E-state index is 13.0. The summed E-state index contributed by atoms with van der Waals surface area (Å²) in [6.07, 6.45) is 2.61. The molecule has 2 aromatic rings. The molecule has 0 saturated carbocycles. The number of hydrogen-bond acceptors (Lipinski definition) is 4. The van der Waals surface area contributed by atoms with Crippen molar-refractivity contribution in [1.82, 2.24) is 15.1 Å². The molecular weight excluding hydrogens is 293 g/mol. The molecule has 2 bridgehead atoms. The molecule has 23 heavy (non-hydrogen) atoms. The summed E-state index contributed by atoms with van der Waals surface area (Å²) in [6, 6.07) is 10.4. The fourth-order valence-corrected chi connectivity index (χ4v) is 3.75. The standard InChI is InChI=1S/C18H20FN3O/c1-12-18(14-8-10-22(12)11-9-14)23-17-7-6-16(20-21-17)13-2-4-15(19)5-3-13/h2-7,12,14,18H,8-11H2,1H3.